The van der Waals surface area contributed by atoms with E-state index in [4.69, 9.17) is 0 Å². The zero-order valence-corrected chi connectivity index (χ0v) is 22.8. The molecule has 40 heavy (non-hydrogen) atoms. The van der Waals surface area contributed by atoms with Crippen LogP contribution in [0.2, 0.25) is 0 Å². The van der Waals surface area contributed by atoms with Crippen LogP contribution in [-0.2, 0) is 10.1 Å². The molecule has 0 unspecified atom stereocenters. The summed E-state index contributed by atoms with van der Waals surface area (Å²) in [5.74, 6) is -1.35. The molecule has 1 fully saturated rings. The molecule has 1 aliphatic rings. The molecule has 3 aromatic carbocycles. The molecule has 1 aliphatic heterocycles. The van der Waals surface area contributed by atoms with Crippen molar-refractivity contribution in [3.8, 4) is 5.75 Å². The Morgan fingerprint density at radius 1 is 1.02 bits per heavy atom. The van der Waals surface area contributed by atoms with E-state index in [1.54, 1.807) is 36.4 Å². The van der Waals surface area contributed by atoms with E-state index in [1.165, 1.54) is 42.3 Å². The highest BCUT2D eigenvalue weighted by molar-refractivity contribution is 7.88. The van der Waals surface area contributed by atoms with Crippen LogP contribution < -0.4 is 14.4 Å². The van der Waals surface area contributed by atoms with E-state index in [0.717, 1.165) is 6.07 Å². The number of carbonyl (C=O) groups excluding carboxylic acids is 1. The number of carbonyl (C=O) groups is 1. The lowest BCUT2D eigenvalue weighted by Crippen LogP contribution is -2.55. The number of piperazine rings is 1. The molecule has 7 nitrogen and oxygen atoms in total. The fourth-order valence-corrected chi connectivity index (χ4v) is 5.18. The first-order valence-corrected chi connectivity index (χ1v) is 13.9. The third-order valence-electron chi connectivity index (χ3n) is 6.76. The Kier molecular flexibility index (Phi) is 8.52. The molecule has 214 valence electrons. The van der Waals surface area contributed by atoms with E-state index in [0.29, 0.717) is 35.5 Å². The summed E-state index contributed by atoms with van der Waals surface area (Å²) in [5.41, 5.74) is -3.74. The molecule has 3 atom stereocenters. The van der Waals surface area contributed by atoms with Crippen LogP contribution in [0.3, 0.4) is 0 Å². The van der Waals surface area contributed by atoms with Gasteiger partial charge < -0.3 is 14.4 Å². The van der Waals surface area contributed by atoms with Gasteiger partial charge in [0.25, 0.3) is 5.91 Å². The molecule has 0 aromatic heterocycles. The minimum Gasteiger partial charge on any atom is -0.376 e. The van der Waals surface area contributed by atoms with Crippen molar-refractivity contribution in [3.05, 3.63) is 95.3 Å². The minimum absolute atomic E-state index is 0.0148. The van der Waals surface area contributed by atoms with Gasteiger partial charge in [-0.25, -0.2) is 4.39 Å². The highest BCUT2D eigenvalue weighted by atomic mass is 32.2. The molecule has 1 N–H and O–H groups in total. The summed E-state index contributed by atoms with van der Waals surface area (Å²) in [6.45, 7) is 5.20. The van der Waals surface area contributed by atoms with Crippen molar-refractivity contribution in [3.63, 3.8) is 0 Å². The number of hydrogen-bond acceptors (Lipinski definition) is 6. The van der Waals surface area contributed by atoms with Gasteiger partial charge in [-0.1, -0.05) is 30.3 Å². The lowest BCUT2D eigenvalue weighted by molar-refractivity contribution is -0.0500. The third-order valence-corrected chi connectivity index (χ3v) is 7.74. The molecule has 0 spiro atoms. The summed E-state index contributed by atoms with van der Waals surface area (Å²) < 4.78 is 80.4. The average Bonchev–Trinajstić information content (AvgIpc) is 2.89. The second kappa shape index (κ2) is 11.6. The van der Waals surface area contributed by atoms with Gasteiger partial charge in [0, 0.05) is 43.5 Å². The maximum atomic E-state index is 13.8. The largest absolute Gasteiger partial charge is 0.534 e. The number of amides is 1. The first-order valence-electron chi connectivity index (χ1n) is 12.5. The van der Waals surface area contributed by atoms with Gasteiger partial charge in [-0.15, -0.1) is 0 Å². The summed E-state index contributed by atoms with van der Waals surface area (Å²) in [6.07, 6.45) is 0. The molecule has 0 bridgehead atoms. The van der Waals surface area contributed by atoms with Crippen LogP contribution in [0.5, 0.6) is 5.75 Å². The number of anilines is 1. The van der Waals surface area contributed by atoms with Gasteiger partial charge >= 0.3 is 15.6 Å². The molecular formula is C28H29F4N3O4S. The van der Waals surface area contributed by atoms with E-state index in [1.807, 2.05) is 13.8 Å². The number of benzene rings is 3. The molecule has 3 aromatic rings. The maximum Gasteiger partial charge on any atom is 0.534 e. The zero-order chi connectivity index (χ0) is 29.2. The molecule has 4 rings (SSSR count). The fraction of sp³-hybridized carbons (Fsp3) is 0.321. The lowest BCUT2D eigenvalue weighted by atomic mass is 9.92. The van der Waals surface area contributed by atoms with Crippen molar-refractivity contribution in [1.29, 1.82) is 0 Å². The van der Waals surface area contributed by atoms with E-state index in [2.05, 4.69) is 14.4 Å². The normalized spacial score (nSPS) is 19.2. The Labute approximate surface area is 230 Å². The van der Waals surface area contributed by atoms with Gasteiger partial charge in [-0.2, -0.15) is 21.6 Å². The Morgan fingerprint density at radius 3 is 2.35 bits per heavy atom. The summed E-state index contributed by atoms with van der Waals surface area (Å²) >= 11 is 0. The molecule has 0 radical (unpaired) electrons. The summed E-state index contributed by atoms with van der Waals surface area (Å²) in [4.78, 5) is 16.8. The van der Waals surface area contributed by atoms with Crippen LogP contribution in [0.4, 0.5) is 23.2 Å². The number of hydrogen-bond donors (Lipinski definition) is 1. The summed E-state index contributed by atoms with van der Waals surface area (Å²) in [5, 5.41) is 3.38. The predicted molar refractivity (Wildman–Crippen MR) is 143 cm³/mol. The Morgan fingerprint density at radius 2 is 1.68 bits per heavy atom. The average molecular weight is 580 g/mol. The standard InChI is InChI=1S/C28H29F4N3O4S/c1-18-17-35(19(2)16-33-18)26(21-8-5-12-25(14-21)39-40(37,38)28(30,31)32)20-7-4-9-22(13-20)27(36)34(3)24-11-6-10-23(29)15-24/h4-15,18-19,26,33H,16-17H2,1-3H3/t18-,19-,26-/m1/s1. The first-order chi connectivity index (χ1) is 18.8. The van der Waals surface area contributed by atoms with Crippen molar-refractivity contribution >= 4 is 21.7 Å². The monoisotopic (exact) mass is 579 g/mol. The maximum absolute atomic E-state index is 13.8. The quantitative estimate of drug-likeness (QED) is 0.238. The Balaban J connectivity index is 1.75. The van der Waals surface area contributed by atoms with Gasteiger partial charge in [-0.3, -0.25) is 9.69 Å². The predicted octanol–water partition coefficient (Wildman–Crippen LogP) is 5.10. The second-order valence-corrected chi connectivity index (χ2v) is 11.3. The van der Waals surface area contributed by atoms with E-state index < -0.39 is 33.2 Å². The van der Waals surface area contributed by atoms with Gasteiger partial charge in [0.2, 0.25) is 0 Å². The van der Waals surface area contributed by atoms with Crippen molar-refractivity contribution in [2.75, 3.05) is 25.0 Å². The van der Waals surface area contributed by atoms with Crippen LogP contribution in [-0.4, -0.2) is 57.0 Å². The van der Waals surface area contributed by atoms with Crippen LogP contribution in [0.25, 0.3) is 0 Å². The SMILES string of the molecule is C[C@@H]1CN([C@@H](c2cccc(OS(=O)(=O)C(F)(F)F)c2)c2cccc(C(=O)N(C)c3cccc(F)c3)c2)[C@H](C)CN1. The molecule has 1 heterocycles. The number of halogens is 4. The van der Waals surface area contributed by atoms with Crippen molar-refractivity contribution in [2.45, 2.75) is 37.5 Å². The summed E-state index contributed by atoms with van der Waals surface area (Å²) in [7, 11) is -4.33. The smallest absolute Gasteiger partial charge is 0.376 e. The number of nitrogens with one attached hydrogen (secondary N) is 1. The van der Waals surface area contributed by atoms with Gasteiger partial charge in [-0.05, 0) is 67.4 Å². The van der Waals surface area contributed by atoms with E-state index >= 15 is 0 Å². The molecule has 1 amide bonds. The van der Waals surface area contributed by atoms with Gasteiger partial charge in [0.15, 0.2) is 0 Å². The summed E-state index contributed by atoms with van der Waals surface area (Å²) in [6, 6.07) is 17.5. The number of rotatable bonds is 7. The molecule has 12 heteroatoms. The van der Waals surface area contributed by atoms with Gasteiger partial charge in [0.05, 0.1) is 6.04 Å². The molecular weight excluding hydrogens is 550 g/mol. The van der Waals surface area contributed by atoms with Crippen LogP contribution in [0.15, 0.2) is 72.8 Å². The Hall–Kier alpha value is -3.48. The van der Waals surface area contributed by atoms with Crippen molar-refractivity contribution in [1.82, 2.24) is 10.2 Å². The minimum atomic E-state index is -5.86. The second-order valence-electron chi connectivity index (χ2n) is 9.78. The zero-order valence-electron chi connectivity index (χ0n) is 22.0. The number of nitrogens with zero attached hydrogens (tertiary/aromatic N) is 2. The molecule has 0 saturated carbocycles. The van der Waals surface area contributed by atoms with E-state index in [9.17, 15) is 30.8 Å². The lowest BCUT2D eigenvalue weighted by Gasteiger charge is -2.43. The van der Waals surface area contributed by atoms with Gasteiger partial charge in [0.1, 0.15) is 11.6 Å². The fourth-order valence-electron chi connectivity index (χ4n) is 4.73. The Bertz CT molecular complexity index is 1480. The number of alkyl halides is 3. The van der Waals surface area contributed by atoms with Crippen molar-refractivity contribution in [2.24, 2.45) is 0 Å². The molecule has 0 aliphatic carbocycles. The highest BCUT2D eigenvalue weighted by Crippen LogP contribution is 2.35. The van der Waals surface area contributed by atoms with Crippen molar-refractivity contribution < 1.29 is 35.0 Å². The highest BCUT2D eigenvalue weighted by Gasteiger charge is 2.48. The van der Waals surface area contributed by atoms with Crippen LogP contribution in [0.1, 0.15) is 41.4 Å². The topological polar surface area (TPSA) is 79.0 Å². The third kappa shape index (κ3) is 6.45. The van der Waals surface area contributed by atoms with E-state index in [-0.39, 0.29) is 18.0 Å². The van der Waals surface area contributed by atoms with Crippen LogP contribution in [0, 0.1) is 5.82 Å². The first kappa shape index (κ1) is 29.5. The van der Waals surface area contributed by atoms with Crippen LogP contribution >= 0.6 is 0 Å². The molecule has 1 saturated heterocycles.